The number of nitrogens with one attached hydrogen (secondary N) is 1. The summed E-state index contributed by atoms with van der Waals surface area (Å²) >= 11 is 0. The Bertz CT molecular complexity index is 928. The lowest BCUT2D eigenvalue weighted by atomic mass is 9.93. The Hall–Kier alpha value is -2.33. The number of hydrogen-bond acceptors (Lipinski definition) is 6. The maximum atomic E-state index is 13.4. The van der Waals surface area contributed by atoms with Gasteiger partial charge in [0.1, 0.15) is 17.0 Å². The molecule has 0 spiro atoms. The van der Waals surface area contributed by atoms with Crippen LogP contribution in [0.15, 0.2) is 18.2 Å². The Morgan fingerprint density at radius 1 is 1.20 bits per heavy atom. The monoisotopic (exact) mass is 439 g/mol. The maximum Gasteiger partial charge on any atom is 0.247 e. The van der Waals surface area contributed by atoms with Gasteiger partial charge in [-0.3, -0.25) is 14.5 Å². The van der Waals surface area contributed by atoms with Crippen LogP contribution in [0.3, 0.4) is 0 Å². The van der Waals surface area contributed by atoms with Crippen molar-refractivity contribution in [3.8, 4) is 11.5 Å². The molecule has 1 aromatic carbocycles. The summed E-state index contributed by atoms with van der Waals surface area (Å²) in [5.41, 5.74) is -1.05. The van der Waals surface area contributed by atoms with E-state index in [1.54, 1.807) is 25.1 Å². The molecule has 9 nitrogen and oxygen atoms in total. The summed E-state index contributed by atoms with van der Waals surface area (Å²) < 4.78 is 36.2. The molecule has 0 aromatic heterocycles. The van der Waals surface area contributed by atoms with Crippen LogP contribution >= 0.6 is 0 Å². The SMILES string of the molecule is COc1ccc(N2C(=O)CN(S(C)(=O)=O)CC2(C)C(=O)NC2CCCC2)c(OC)c1. The first-order valence-electron chi connectivity index (χ1n) is 9.91. The zero-order chi connectivity index (χ0) is 22.1. The minimum atomic E-state index is -3.67. The lowest BCUT2D eigenvalue weighted by Crippen LogP contribution is -2.70. The Balaban J connectivity index is 2.06. The number of benzene rings is 1. The second kappa shape index (κ2) is 8.43. The average Bonchev–Trinajstić information content (AvgIpc) is 3.19. The lowest BCUT2D eigenvalue weighted by Gasteiger charge is -2.47. The van der Waals surface area contributed by atoms with Gasteiger partial charge in [0.05, 0.1) is 32.7 Å². The summed E-state index contributed by atoms with van der Waals surface area (Å²) in [7, 11) is -0.687. The van der Waals surface area contributed by atoms with E-state index in [9.17, 15) is 18.0 Å². The molecule has 10 heteroatoms. The zero-order valence-corrected chi connectivity index (χ0v) is 18.6. The van der Waals surface area contributed by atoms with Crippen molar-refractivity contribution in [2.75, 3.05) is 38.5 Å². The molecule has 30 heavy (non-hydrogen) atoms. The Morgan fingerprint density at radius 3 is 2.43 bits per heavy atom. The first-order valence-corrected chi connectivity index (χ1v) is 11.8. The van der Waals surface area contributed by atoms with Crippen molar-refractivity contribution in [3.05, 3.63) is 18.2 Å². The summed E-state index contributed by atoms with van der Waals surface area (Å²) in [6.07, 6.45) is 4.85. The fourth-order valence-corrected chi connectivity index (χ4v) is 4.99. The third-order valence-corrected chi connectivity index (χ3v) is 7.01. The third-order valence-electron chi connectivity index (χ3n) is 5.82. The van der Waals surface area contributed by atoms with Crippen LogP contribution in [0.5, 0.6) is 11.5 Å². The van der Waals surface area contributed by atoms with Gasteiger partial charge in [0.25, 0.3) is 0 Å². The summed E-state index contributed by atoms with van der Waals surface area (Å²) in [5, 5.41) is 3.02. The molecule has 2 fully saturated rings. The van der Waals surface area contributed by atoms with Crippen LogP contribution in [0.1, 0.15) is 32.6 Å². The number of carbonyl (C=O) groups excluding carboxylic acids is 2. The number of amides is 2. The number of piperazine rings is 1. The molecule has 1 N–H and O–H groups in total. The van der Waals surface area contributed by atoms with Crippen LogP contribution < -0.4 is 19.7 Å². The van der Waals surface area contributed by atoms with Gasteiger partial charge in [-0.2, -0.15) is 4.31 Å². The van der Waals surface area contributed by atoms with Gasteiger partial charge in [0.15, 0.2) is 0 Å². The van der Waals surface area contributed by atoms with Crippen molar-refractivity contribution in [3.63, 3.8) is 0 Å². The van der Waals surface area contributed by atoms with Crippen LogP contribution in [0, 0.1) is 0 Å². The van der Waals surface area contributed by atoms with Gasteiger partial charge in [-0.25, -0.2) is 8.42 Å². The number of sulfonamides is 1. The fourth-order valence-electron chi connectivity index (χ4n) is 4.16. The third kappa shape index (κ3) is 4.24. The van der Waals surface area contributed by atoms with Gasteiger partial charge in [-0.05, 0) is 31.9 Å². The molecule has 166 valence electrons. The summed E-state index contributed by atoms with van der Waals surface area (Å²) in [6, 6.07) is 4.97. The predicted molar refractivity (Wildman–Crippen MR) is 112 cm³/mol. The normalized spacial score (nSPS) is 23.5. The minimum Gasteiger partial charge on any atom is -0.497 e. The van der Waals surface area contributed by atoms with Crippen LogP contribution in [-0.4, -0.2) is 69.7 Å². The summed E-state index contributed by atoms with van der Waals surface area (Å²) in [4.78, 5) is 28.0. The maximum absolute atomic E-state index is 13.4. The van der Waals surface area contributed by atoms with Crippen LogP contribution in [0.2, 0.25) is 0 Å². The van der Waals surface area contributed by atoms with Gasteiger partial charge in [-0.1, -0.05) is 12.8 Å². The van der Waals surface area contributed by atoms with Crippen molar-refractivity contribution < 1.29 is 27.5 Å². The smallest absolute Gasteiger partial charge is 0.247 e. The topological polar surface area (TPSA) is 105 Å². The number of nitrogens with zero attached hydrogens (tertiary/aromatic N) is 2. The highest BCUT2D eigenvalue weighted by atomic mass is 32.2. The standard InChI is InChI=1S/C20H29N3O6S/c1-20(19(25)21-14-7-5-6-8-14)13-22(30(4,26)27)12-18(24)23(20)16-10-9-15(28-2)11-17(16)29-3/h9-11,14H,5-8,12-13H2,1-4H3,(H,21,25). The second-order valence-electron chi connectivity index (χ2n) is 8.03. The average molecular weight is 440 g/mol. The van der Waals surface area contributed by atoms with E-state index in [1.165, 1.54) is 19.1 Å². The van der Waals surface area contributed by atoms with E-state index < -0.39 is 21.5 Å². The first-order chi connectivity index (χ1) is 14.1. The van der Waals surface area contributed by atoms with Crippen LogP contribution in [-0.2, 0) is 19.6 Å². The first kappa shape index (κ1) is 22.4. The van der Waals surface area contributed by atoms with Gasteiger partial charge >= 0.3 is 0 Å². The molecular weight excluding hydrogens is 410 g/mol. The molecule has 1 unspecified atom stereocenters. The van der Waals surface area contributed by atoms with Gasteiger partial charge in [0.2, 0.25) is 21.8 Å². The zero-order valence-electron chi connectivity index (χ0n) is 17.8. The fraction of sp³-hybridized carbons (Fsp3) is 0.600. The molecule has 1 aromatic rings. The number of rotatable bonds is 6. The Morgan fingerprint density at radius 2 is 1.87 bits per heavy atom. The van der Waals surface area contributed by atoms with Gasteiger partial charge < -0.3 is 14.8 Å². The Kier molecular flexibility index (Phi) is 6.28. The molecule has 2 amide bonds. The van der Waals surface area contributed by atoms with Crippen molar-refractivity contribution in [2.45, 2.75) is 44.2 Å². The Labute approximate surface area is 177 Å². The molecule has 3 rings (SSSR count). The van der Waals surface area contributed by atoms with E-state index in [0.717, 1.165) is 36.2 Å². The molecular formula is C20H29N3O6S. The van der Waals surface area contributed by atoms with E-state index >= 15 is 0 Å². The summed E-state index contributed by atoms with van der Waals surface area (Å²) in [5.74, 6) is 0.0125. The van der Waals surface area contributed by atoms with Crippen molar-refractivity contribution in [1.82, 2.24) is 9.62 Å². The number of hydrogen-bond donors (Lipinski definition) is 1. The van der Waals surface area contributed by atoms with Crippen molar-refractivity contribution >= 4 is 27.5 Å². The van der Waals surface area contributed by atoms with E-state index in [2.05, 4.69) is 5.32 Å². The highest BCUT2D eigenvalue weighted by molar-refractivity contribution is 7.88. The van der Waals surface area contributed by atoms with E-state index in [1.807, 2.05) is 0 Å². The van der Waals surface area contributed by atoms with Crippen LogP contribution in [0.4, 0.5) is 5.69 Å². The largest absolute Gasteiger partial charge is 0.497 e. The highest BCUT2D eigenvalue weighted by Crippen LogP contribution is 2.39. The molecule has 1 heterocycles. The molecule has 2 aliphatic rings. The van der Waals surface area contributed by atoms with Gasteiger partial charge in [-0.15, -0.1) is 0 Å². The van der Waals surface area contributed by atoms with Gasteiger partial charge in [0, 0.05) is 18.7 Å². The van der Waals surface area contributed by atoms with Crippen LogP contribution in [0.25, 0.3) is 0 Å². The molecule has 0 radical (unpaired) electrons. The summed E-state index contributed by atoms with van der Waals surface area (Å²) in [6.45, 7) is 1.10. The number of ether oxygens (including phenoxy) is 2. The molecule has 1 atom stereocenters. The minimum absolute atomic E-state index is 0.0256. The number of methoxy groups -OCH3 is 2. The molecule has 0 bridgehead atoms. The number of carbonyl (C=O) groups is 2. The van der Waals surface area contributed by atoms with E-state index in [-0.39, 0.29) is 25.0 Å². The molecule has 1 aliphatic carbocycles. The number of anilines is 1. The second-order valence-corrected chi connectivity index (χ2v) is 10.0. The highest BCUT2D eigenvalue weighted by Gasteiger charge is 2.51. The van der Waals surface area contributed by atoms with Crippen molar-refractivity contribution in [1.29, 1.82) is 0 Å². The lowest BCUT2D eigenvalue weighted by molar-refractivity contribution is -0.133. The van der Waals surface area contributed by atoms with E-state index in [4.69, 9.17) is 9.47 Å². The molecule has 1 saturated heterocycles. The molecule has 1 aliphatic heterocycles. The quantitative estimate of drug-likeness (QED) is 0.712. The van der Waals surface area contributed by atoms with Crippen molar-refractivity contribution in [2.24, 2.45) is 0 Å². The predicted octanol–water partition coefficient (Wildman–Crippen LogP) is 1.13. The van der Waals surface area contributed by atoms with E-state index in [0.29, 0.717) is 17.2 Å². The molecule has 1 saturated carbocycles.